The third-order valence-corrected chi connectivity index (χ3v) is 9.91. The zero-order chi connectivity index (χ0) is 38.2. The maximum absolute atomic E-state index is 13.3. The molecule has 53 heavy (non-hydrogen) atoms. The molecule has 18 heteroatoms. The lowest BCUT2D eigenvalue weighted by Crippen LogP contribution is -2.54. The second kappa shape index (κ2) is 14.3. The van der Waals surface area contributed by atoms with Gasteiger partial charge >= 0.3 is 5.69 Å². The molecule has 1 atom stereocenters. The van der Waals surface area contributed by atoms with Crippen molar-refractivity contribution in [3.05, 3.63) is 80.0 Å². The SMILES string of the molecule is Cn1c(=O)c2c(nc(S(C)(=O)=O)n2C)n(CC#Cc2cccc(NC(=O)CCCCNc3cccc4c3C(=O)N(C3CCC(=O)NC3=O)C4=O)c2)c1=O. The van der Waals surface area contributed by atoms with Gasteiger partial charge in [-0.05, 0) is 49.6 Å². The zero-order valence-corrected chi connectivity index (χ0v) is 29.7. The number of piperidine rings is 1. The molecule has 1 unspecified atom stereocenters. The summed E-state index contributed by atoms with van der Waals surface area (Å²) in [7, 11) is -1.13. The Morgan fingerprint density at radius 3 is 2.49 bits per heavy atom. The third-order valence-electron chi connectivity index (χ3n) is 8.88. The zero-order valence-electron chi connectivity index (χ0n) is 28.9. The van der Waals surface area contributed by atoms with Gasteiger partial charge in [-0.3, -0.25) is 48.1 Å². The number of rotatable bonds is 10. The first-order chi connectivity index (χ1) is 25.2. The van der Waals surface area contributed by atoms with Crippen molar-refractivity contribution >= 4 is 61.9 Å². The van der Waals surface area contributed by atoms with E-state index in [4.69, 9.17) is 0 Å². The summed E-state index contributed by atoms with van der Waals surface area (Å²) in [4.78, 5) is 93.6. The number of fused-ring (bicyclic) bond motifs is 2. The van der Waals surface area contributed by atoms with Crippen LogP contribution in [0.15, 0.2) is 57.2 Å². The molecule has 0 bridgehead atoms. The number of anilines is 2. The van der Waals surface area contributed by atoms with E-state index in [1.807, 2.05) is 0 Å². The van der Waals surface area contributed by atoms with Crippen LogP contribution < -0.4 is 27.2 Å². The maximum Gasteiger partial charge on any atom is 0.333 e. The summed E-state index contributed by atoms with van der Waals surface area (Å²) in [5, 5.41) is 7.81. The molecule has 6 rings (SSSR count). The van der Waals surface area contributed by atoms with Gasteiger partial charge in [0.15, 0.2) is 11.2 Å². The van der Waals surface area contributed by atoms with E-state index in [-0.39, 0.29) is 59.2 Å². The fraction of sp³-hybridized carbons (Fsp3) is 0.314. The summed E-state index contributed by atoms with van der Waals surface area (Å²) in [5.74, 6) is 3.20. The van der Waals surface area contributed by atoms with E-state index in [1.54, 1.807) is 36.4 Å². The second-order valence-electron chi connectivity index (χ2n) is 12.6. The van der Waals surface area contributed by atoms with Crippen LogP contribution in [0.5, 0.6) is 0 Å². The van der Waals surface area contributed by atoms with Gasteiger partial charge in [0.25, 0.3) is 17.4 Å². The van der Waals surface area contributed by atoms with Crippen LogP contribution in [0.25, 0.3) is 11.2 Å². The van der Waals surface area contributed by atoms with Crippen molar-refractivity contribution in [3.8, 4) is 11.8 Å². The quantitative estimate of drug-likeness (QED) is 0.115. The third kappa shape index (κ3) is 7.10. The van der Waals surface area contributed by atoms with Crippen molar-refractivity contribution in [1.82, 2.24) is 28.9 Å². The summed E-state index contributed by atoms with van der Waals surface area (Å²) in [6.45, 7) is 0.205. The largest absolute Gasteiger partial charge is 0.384 e. The first kappa shape index (κ1) is 36.4. The van der Waals surface area contributed by atoms with Crippen LogP contribution in [0.3, 0.4) is 0 Å². The number of benzene rings is 2. The van der Waals surface area contributed by atoms with Crippen molar-refractivity contribution < 1.29 is 32.4 Å². The normalized spacial score (nSPS) is 15.6. The van der Waals surface area contributed by atoms with Gasteiger partial charge in [0, 0.05) is 56.7 Å². The van der Waals surface area contributed by atoms with Crippen molar-refractivity contribution in [1.29, 1.82) is 0 Å². The number of nitrogens with one attached hydrogen (secondary N) is 3. The molecule has 2 aliphatic rings. The Morgan fingerprint density at radius 1 is 1.00 bits per heavy atom. The van der Waals surface area contributed by atoms with Crippen molar-refractivity contribution in [2.45, 2.75) is 49.8 Å². The summed E-state index contributed by atoms with van der Waals surface area (Å²) in [6.07, 6.45) is 2.29. The maximum atomic E-state index is 13.3. The standard InChI is InChI=1S/C35H34N8O9S/c1-40-28-29(39-34(40)53(3,51)52)42(35(50)41(2)33(28)49)18-8-10-20-9-6-11-21(19-20)37-25(44)14-4-5-17-36-23-13-7-12-22-27(23)32(48)43(31(22)47)24-15-16-26(45)38-30(24)46/h6-7,9,11-13,19,24,36H,4-5,14-18H2,1-3H3,(H,37,44)(H,38,45,46). The number of carbonyl (C=O) groups excluding carboxylic acids is 5. The molecule has 2 aliphatic heterocycles. The van der Waals surface area contributed by atoms with Crippen molar-refractivity contribution in [2.24, 2.45) is 14.1 Å². The highest BCUT2D eigenvalue weighted by Crippen LogP contribution is 2.32. The van der Waals surface area contributed by atoms with Crippen molar-refractivity contribution in [2.75, 3.05) is 23.4 Å². The van der Waals surface area contributed by atoms with Gasteiger partial charge in [0.05, 0.1) is 17.7 Å². The minimum absolute atomic E-state index is 0.0271. The van der Waals surface area contributed by atoms with Gasteiger partial charge < -0.3 is 15.2 Å². The van der Waals surface area contributed by atoms with Crippen LogP contribution in [-0.4, -0.2) is 80.4 Å². The number of amides is 5. The topological polar surface area (TPSA) is 221 Å². The van der Waals surface area contributed by atoms with E-state index in [0.717, 1.165) is 24.9 Å². The number of imide groups is 2. The van der Waals surface area contributed by atoms with E-state index in [2.05, 4.69) is 32.8 Å². The van der Waals surface area contributed by atoms with E-state index < -0.39 is 50.8 Å². The number of hydrogen-bond donors (Lipinski definition) is 3. The molecule has 4 aromatic rings. The predicted molar refractivity (Wildman–Crippen MR) is 191 cm³/mol. The fourth-order valence-electron chi connectivity index (χ4n) is 6.30. The molecule has 1 fully saturated rings. The minimum atomic E-state index is -3.79. The van der Waals surface area contributed by atoms with Gasteiger partial charge in [0.2, 0.25) is 32.7 Å². The fourth-order valence-corrected chi connectivity index (χ4v) is 7.14. The van der Waals surface area contributed by atoms with Crippen LogP contribution in [-0.2, 0) is 44.9 Å². The Balaban J connectivity index is 1.03. The average molecular weight is 743 g/mol. The first-order valence-electron chi connectivity index (χ1n) is 16.5. The summed E-state index contributed by atoms with van der Waals surface area (Å²) in [6, 6.07) is 10.5. The Bertz CT molecular complexity index is 2540. The minimum Gasteiger partial charge on any atom is -0.384 e. The average Bonchev–Trinajstić information content (AvgIpc) is 3.59. The second-order valence-corrected chi connectivity index (χ2v) is 14.5. The van der Waals surface area contributed by atoms with E-state index >= 15 is 0 Å². The highest BCUT2D eigenvalue weighted by Gasteiger charge is 2.45. The number of unbranched alkanes of at least 4 members (excludes halogenated alkanes) is 1. The Kier molecular flexibility index (Phi) is 9.86. The van der Waals surface area contributed by atoms with Gasteiger partial charge in [-0.2, -0.15) is 4.98 Å². The lowest BCUT2D eigenvalue weighted by Gasteiger charge is -2.27. The molecule has 274 valence electrons. The van der Waals surface area contributed by atoms with E-state index in [9.17, 15) is 42.0 Å². The Morgan fingerprint density at radius 2 is 1.75 bits per heavy atom. The molecule has 4 heterocycles. The molecule has 0 radical (unpaired) electrons. The number of aryl methyl sites for hydroxylation is 1. The molecule has 0 spiro atoms. The van der Waals surface area contributed by atoms with Crippen molar-refractivity contribution in [3.63, 3.8) is 0 Å². The van der Waals surface area contributed by atoms with E-state index in [1.165, 1.54) is 20.2 Å². The first-order valence-corrected chi connectivity index (χ1v) is 18.4. The summed E-state index contributed by atoms with van der Waals surface area (Å²) in [5.41, 5.74) is 0.239. The Hall–Kier alpha value is -6.35. The molecular weight excluding hydrogens is 708 g/mol. The molecule has 2 aromatic heterocycles. The number of aromatic nitrogens is 4. The molecule has 3 N–H and O–H groups in total. The monoisotopic (exact) mass is 742 g/mol. The molecule has 1 saturated heterocycles. The summed E-state index contributed by atoms with van der Waals surface area (Å²) < 4.78 is 27.5. The lowest BCUT2D eigenvalue weighted by molar-refractivity contribution is -0.136. The lowest BCUT2D eigenvalue weighted by atomic mass is 10.0. The number of nitrogens with zero attached hydrogens (tertiary/aromatic N) is 5. The van der Waals surface area contributed by atoms with Gasteiger partial charge in [0.1, 0.15) is 6.04 Å². The van der Waals surface area contributed by atoms with Crippen LogP contribution >= 0.6 is 0 Å². The van der Waals surface area contributed by atoms with Gasteiger partial charge in [-0.25, -0.2) is 13.2 Å². The van der Waals surface area contributed by atoms with E-state index in [0.29, 0.717) is 36.3 Å². The van der Waals surface area contributed by atoms with Crippen LogP contribution in [0.1, 0.15) is 58.4 Å². The smallest absolute Gasteiger partial charge is 0.333 e. The van der Waals surface area contributed by atoms with Gasteiger partial charge in [-0.15, -0.1) is 0 Å². The highest BCUT2D eigenvalue weighted by atomic mass is 32.2. The number of carbonyl (C=O) groups is 5. The number of hydrogen-bond acceptors (Lipinski definition) is 11. The Labute approximate surface area is 301 Å². The number of imidazole rings is 1. The van der Waals surface area contributed by atoms with Crippen LogP contribution in [0.2, 0.25) is 0 Å². The molecule has 0 saturated carbocycles. The molecule has 5 amide bonds. The van der Waals surface area contributed by atoms with Gasteiger partial charge in [-0.1, -0.05) is 24.0 Å². The van der Waals surface area contributed by atoms with Crippen LogP contribution in [0, 0.1) is 11.8 Å². The summed E-state index contributed by atoms with van der Waals surface area (Å²) >= 11 is 0. The predicted octanol–water partition coefficient (Wildman–Crippen LogP) is 0.511. The number of sulfone groups is 1. The molecule has 2 aromatic carbocycles. The molecular formula is C35H34N8O9S. The molecule has 0 aliphatic carbocycles. The highest BCUT2D eigenvalue weighted by molar-refractivity contribution is 7.90. The van der Waals surface area contributed by atoms with Crippen LogP contribution in [0.4, 0.5) is 11.4 Å². The molecule has 17 nitrogen and oxygen atoms in total.